The summed E-state index contributed by atoms with van der Waals surface area (Å²) < 4.78 is 84.1. The highest BCUT2D eigenvalue weighted by Gasteiger charge is 2.49. The molecule has 2 aromatic carbocycles. The minimum absolute atomic E-state index is 0.0737. The maximum absolute atomic E-state index is 12.5. The van der Waals surface area contributed by atoms with E-state index in [0.29, 0.717) is 31.1 Å². The lowest BCUT2D eigenvalue weighted by Gasteiger charge is -2.22. The van der Waals surface area contributed by atoms with Crippen LogP contribution >= 0.6 is 0 Å². The molecule has 2 aromatic rings. The number of methoxy groups -OCH3 is 2. The second-order valence-corrected chi connectivity index (χ2v) is 18.3. The third kappa shape index (κ3) is 11.9. The average molecular weight is 881 g/mol. The van der Waals surface area contributed by atoms with Crippen molar-refractivity contribution >= 4 is 34.5 Å². The van der Waals surface area contributed by atoms with Crippen LogP contribution in [0.25, 0.3) is 12.2 Å². The predicted octanol–water partition coefficient (Wildman–Crippen LogP) is 8.82. The number of allylic oxidation sites excluding steroid dienone is 2. The number of fused-ring (bicyclic) bond motifs is 2. The highest BCUT2D eigenvalue weighted by atomic mass is 32.2. The molecule has 0 aromatic heterocycles. The van der Waals surface area contributed by atoms with Gasteiger partial charge in [0, 0.05) is 52.3 Å². The van der Waals surface area contributed by atoms with Crippen LogP contribution in [0.5, 0.6) is 0 Å². The van der Waals surface area contributed by atoms with E-state index in [0.717, 1.165) is 101 Å². The summed E-state index contributed by atoms with van der Waals surface area (Å²) in [6.45, 7) is 2.44. The summed E-state index contributed by atoms with van der Waals surface area (Å²) in [7, 11) is -2.25. The highest BCUT2D eigenvalue weighted by Crippen LogP contribution is 2.45. The van der Waals surface area contributed by atoms with Gasteiger partial charge in [-0.3, -0.25) is 0 Å². The van der Waals surface area contributed by atoms with Gasteiger partial charge >= 0.3 is 27.8 Å². The maximum atomic E-state index is 12.5. The van der Waals surface area contributed by atoms with Gasteiger partial charge in [-0.05, 0) is 128 Å². The lowest BCUT2D eigenvalue weighted by Crippen LogP contribution is -2.40. The first kappa shape index (κ1) is 46.5. The number of halogens is 3. The molecule has 0 bridgehead atoms. The van der Waals surface area contributed by atoms with E-state index in [-0.39, 0.29) is 35.3 Å². The van der Waals surface area contributed by atoms with Crippen molar-refractivity contribution in [3.05, 3.63) is 81.1 Å². The number of aryl methyl sites for hydroxylation is 2. The molecule has 4 fully saturated rings. The predicted molar refractivity (Wildman–Crippen MR) is 228 cm³/mol. The first-order valence-electron chi connectivity index (χ1n) is 21.1. The van der Waals surface area contributed by atoms with E-state index in [2.05, 4.69) is 56.9 Å². The molecule has 334 valence electrons. The van der Waals surface area contributed by atoms with E-state index < -0.39 is 21.7 Å². The number of hydrogen-bond acceptors (Lipinski definition) is 9. The molecular weight excluding hydrogens is 826 g/mol. The van der Waals surface area contributed by atoms with Crippen LogP contribution in [-0.2, 0) is 46.1 Å². The van der Waals surface area contributed by atoms with Crippen molar-refractivity contribution in [3.63, 3.8) is 0 Å². The Labute approximate surface area is 362 Å². The van der Waals surface area contributed by atoms with Crippen LogP contribution < -0.4 is 10.6 Å². The van der Waals surface area contributed by atoms with Gasteiger partial charge in [-0.1, -0.05) is 48.2 Å². The molecule has 2 saturated carbocycles. The van der Waals surface area contributed by atoms with Crippen LogP contribution in [-0.4, -0.2) is 77.8 Å². The number of carbonyl (C=O) groups excluding carboxylic acids is 2. The topological polar surface area (TPSA) is 138 Å². The Bertz CT molecular complexity index is 2240. The van der Waals surface area contributed by atoms with E-state index in [1.54, 1.807) is 20.3 Å². The molecule has 0 radical (unpaired) electrons. The van der Waals surface area contributed by atoms with Crippen molar-refractivity contribution in [2.45, 2.75) is 118 Å². The third-order valence-electron chi connectivity index (χ3n) is 12.2. The minimum atomic E-state index is -5.65. The number of alkyl halides is 3. The first-order chi connectivity index (χ1) is 29.7. The summed E-state index contributed by atoms with van der Waals surface area (Å²) in [5.74, 6) is 9.65. The second kappa shape index (κ2) is 20.5. The lowest BCUT2D eigenvalue weighted by molar-refractivity contribution is -0.0523. The number of nitrogens with one attached hydrogen (secondary N) is 2. The highest BCUT2D eigenvalue weighted by molar-refractivity contribution is 7.87. The van der Waals surface area contributed by atoms with Gasteiger partial charge < -0.3 is 33.8 Å². The van der Waals surface area contributed by atoms with Crippen molar-refractivity contribution in [1.29, 1.82) is 0 Å². The van der Waals surface area contributed by atoms with E-state index in [9.17, 15) is 31.2 Å². The summed E-state index contributed by atoms with van der Waals surface area (Å²) in [5.41, 5.74) is 2.13. The number of hydrogen-bond donors (Lipinski definition) is 2. The molecular formula is C47H55F3N2O9S. The zero-order chi connectivity index (χ0) is 44.4. The average Bonchev–Trinajstić information content (AvgIpc) is 4.05. The standard InChI is InChI=1S/C23H27NO3.C18H18F3NO5S.C6H10O/c1-26-12-4-2-3-5-17-6-7-19-14-20(9-8-18(19)13-17)21-10-11-23(15-21)16-27-22(25)24-23;19-18(20,21)28(24,25)27-15-4-3-11-7-12(1-2-13(11)8-15)14-5-6-17(9-14)10-26-16(23)22-17;1-3-4-5-6-7-2/h8-9,13-14,21H,2,4,6-7,10-12,15-16H2,1H3,(H,24,25);1-2,7-8,14H,3-6,9-10H2,(H,22,23);1H,4-6H2,2H3/t21-,23+;14-,17+;/m00./s1. The quantitative estimate of drug-likeness (QED) is 0.104. The van der Waals surface area contributed by atoms with E-state index in [1.165, 1.54) is 28.3 Å². The van der Waals surface area contributed by atoms with Gasteiger partial charge in [-0.15, -0.1) is 12.3 Å². The molecule has 8 rings (SSSR count). The summed E-state index contributed by atoms with van der Waals surface area (Å²) in [4.78, 5) is 22.8. The van der Waals surface area contributed by atoms with Gasteiger partial charge in [-0.2, -0.15) is 21.6 Å². The Morgan fingerprint density at radius 1 is 0.790 bits per heavy atom. The van der Waals surface area contributed by atoms with Crippen molar-refractivity contribution in [2.24, 2.45) is 0 Å². The SMILES string of the molecule is C#CCCCOC.COCCCC#CC1=Cc2ccc([C@H]3CC[C@]4(COC(=O)N4)C3)cc2CC1.O=C1N[C@@]2(CC[C@H](c3ccc4c(c3)CCC(OS(=O)(=O)C(F)(F)F)=C4)C2)CO1. The molecule has 0 unspecified atom stereocenters. The molecule has 2 N–H and O–H groups in total. The zero-order valence-corrected chi connectivity index (χ0v) is 36.1. The molecule has 2 heterocycles. The van der Waals surface area contributed by atoms with Crippen LogP contribution in [0.15, 0.2) is 47.7 Å². The molecule has 2 spiro atoms. The first-order valence-corrected chi connectivity index (χ1v) is 22.5. The van der Waals surface area contributed by atoms with Crippen molar-refractivity contribution in [2.75, 3.05) is 40.6 Å². The van der Waals surface area contributed by atoms with Gasteiger partial charge in [-0.25, -0.2) is 9.59 Å². The molecule has 6 aliphatic rings. The van der Waals surface area contributed by atoms with E-state index in [4.69, 9.17) is 25.4 Å². The number of unbranched alkanes of at least 4 members (excludes halogenated alkanes) is 2. The Morgan fingerprint density at radius 2 is 1.32 bits per heavy atom. The van der Waals surface area contributed by atoms with E-state index >= 15 is 0 Å². The number of amides is 2. The molecule has 15 heteroatoms. The number of cyclic esters (lactones) is 2. The van der Waals surface area contributed by atoms with Gasteiger partial charge in [0.1, 0.15) is 19.0 Å². The monoisotopic (exact) mass is 880 g/mol. The molecule has 4 aliphatic carbocycles. The number of alkyl carbamates (subject to hydrolysis) is 2. The smallest absolute Gasteiger partial charge is 0.447 e. The Balaban J connectivity index is 0.000000180. The Hall–Kier alpha value is -4.96. The van der Waals surface area contributed by atoms with Crippen molar-refractivity contribution in [3.8, 4) is 24.2 Å². The minimum Gasteiger partial charge on any atom is -0.447 e. The van der Waals surface area contributed by atoms with Gasteiger partial charge in [0.15, 0.2) is 0 Å². The number of ether oxygens (including phenoxy) is 4. The Kier molecular flexibility index (Phi) is 15.4. The third-order valence-corrected chi connectivity index (χ3v) is 13.2. The fraction of sp³-hybridized carbons (Fsp3) is 0.532. The van der Waals surface area contributed by atoms with Crippen LogP contribution in [0.1, 0.15) is 122 Å². The summed E-state index contributed by atoms with van der Waals surface area (Å²) in [6.07, 6.45) is 19.7. The largest absolute Gasteiger partial charge is 0.534 e. The molecule has 62 heavy (non-hydrogen) atoms. The van der Waals surface area contributed by atoms with Crippen molar-refractivity contribution in [1.82, 2.24) is 10.6 Å². The zero-order valence-electron chi connectivity index (χ0n) is 35.3. The molecule has 2 amide bonds. The number of terminal acetylenes is 1. The number of benzene rings is 2. The maximum Gasteiger partial charge on any atom is 0.534 e. The van der Waals surface area contributed by atoms with Crippen LogP contribution in [0, 0.1) is 24.2 Å². The molecule has 2 aliphatic heterocycles. The molecule has 11 nitrogen and oxygen atoms in total. The van der Waals surface area contributed by atoms with Crippen LogP contribution in [0.2, 0.25) is 0 Å². The lowest BCUT2D eigenvalue weighted by atomic mass is 9.87. The van der Waals surface area contributed by atoms with E-state index in [1.807, 2.05) is 12.1 Å². The summed E-state index contributed by atoms with van der Waals surface area (Å²) >= 11 is 0. The van der Waals surface area contributed by atoms with Gasteiger partial charge in [0.25, 0.3) is 0 Å². The fourth-order valence-electron chi connectivity index (χ4n) is 8.95. The van der Waals surface area contributed by atoms with Crippen LogP contribution in [0.3, 0.4) is 0 Å². The van der Waals surface area contributed by atoms with Gasteiger partial charge in [0.05, 0.1) is 11.1 Å². The van der Waals surface area contributed by atoms with Crippen molar-refractivity contribution < 1.29 is 54.3 Å². The number of rotatable bonds is 10. The number of carbonyl (C=O) groups is 2. The normalized spacial score (nSPS) is 24.5. The summed E-state index contributed by atoms with van der Waals surface area (Å²) in [6, 6.07) is 12.5. The van der Waals surface area contributed by atoms with Gasteiger partial charge in [0.2, 0.25) is 0 Å². The molecule has 4 atom stereocenters. The second-order valence-electron chi connectivity index (χ2n) is 16.7. The molecule has 2 saturated heterocycles. The Morgan fingerprint density at radius 3 is 1.82 bits per heavy atom. The van der Waals surface area contributed by atoms with Crippen LogP contribution in [0.4, 0.5) is 22.8 Å². The fourth-order valence-corrected chi connectivity index (χ4v) is 9.46. The summed E-state index contributed by atoms with van der Waals surface area (Å²) in [5, 5.41) is 5.93.